The predicted octanol–water partition coefficient (Wildman–Crippen LogP) is 1.21. The summed E-state index contributed by atoms with van der Waals surface area (Å²) in [6, 6.07) is 6.53. The van der Waals surface area contributed by atoms with E-state index in [1.54, 1.807) is 36.2 Å². The summed E-state index contributed by atoms with van der Waals surface area (Å²) in [6.07, 6.45) is 2.73. The highest BCUT2D eigenvalue weighted by Crippen LogP contribution is 2.31. The highest BCUT2D eigenvalue weighted by atomic mass is 32.2. The van der Waals surface area contributed by atoms with Crippen molar-refractivity contribution in [2.24, 2.45) is 0 Å². The number of amides is 2. The van der Waals surface area contributed by atoms with Gasteiger partial charge in [-0.3, -0.25) is 9.59 Å². The highest BCUT2D eigenvalue weighted by molar-refractivity contribution is 7.89. The zero-order chi connectivity index (χ0) is 23.5. The van der Waals surface area contributed by atoms with Gasteiger partial charge in [-0.15, -0.1) is 0 Å². The maximum atomic E-state index is 13.6. The van der Waals surface area contributed by atoms with E-state index in [4.69, 9.17) is 0 Å². The van der Waals surface area contributed by atoms with Gasteiger partial charge in [-0.25, -0.2) is 13.4 Å². The Labute approximate surface area is 188 Å². The van der Waals surface area contributed by atoms with Crippen molar-refractivity contribution in [2.45, 2.75) is 24.8 Å². The van der Waals surface area contributed by atoms with E-state index in [0.29, 0.717) is 5.39 Å². The Morgan fingerprint density at radius 3 is 2.69 bits per heavy atom. The first-order valence-corrected chi connectivity index (χ1v) is 11.9. The lowest BCUT2D eigenvalue weighted by Crippen LogP contribution is -2.56. The van der Waals surface area contributed by atoms with Crippen LogP contribution >= 0.6 is 0 Å². The van der Waals surface area contributed by atoms with Gasteiger partial charge in [0.05, 0.1) is 11.4 Å². The number of carbonyl (C=O) groups is 2. The molecule has 1 aromatic carbocycles. The van der Waals surface area contributed by atoms with Gasteiger partial charge in [-0.2, -0.15) is 4.31 Å². The molecule has 2 heterocycles. The summed E-state index contributed by atoms with van der Waals surface area (Å²) in [5.41, 5.74) is 0. The fourth-order valence-electron chi connectivity index (χ4n) is 3.84. The minimum absolute atomic E-state index is 0.144. The number of nitrogens with one attached hydrogen (secondary N) is 1. The number of sulfonamides is 1. The molecule has 1 aliphatic heterocycles. The lowest BCUT2D eigenvalue weighted by atomic mass is 10.1. The number of hydrogen-bond acceptors (Lipinski definition) is 6. The van der Waals surface area contributed by atoms with Crippen LogP contribution in [0.5, 0.6) is 0 Å². The Morgan fingerprint density at radius 2 is 2.03 bits per heavy atom. The monoisotopic (exact) mass is 459 g/mol. The van der Waals surface area contributed by atoms with Crippen molar-refractivity contribution >= 4 is 38.4 Å². The van der Waals surface area contributed by atoms with E-state index in [0.717, 1.165) is 23.8 Å². The van der Waals surface area contributed by atoms with Crippen molar-refractivity contribution in [3.8, 4) is 0 Å². The molecule has 1 aliphatic rings. The summed E-state index contributed by atoms with van der Waals surface area (Å²) in [5.74, 6) is 0.0470. The van der Waals surface area contributed by atoms with E-state index in [1.807, 2.05) is 24.9 Å². The van der Waals surface area contributed by atoms with Gasteiger partial charge in [0.1, 0.15) is 5.82 Å². The first-order valence-electron chi connectivity index (χ1n) is 10.5. The van der Waals surface area contributed by atoms with Crippen LogP contribution in [-0.2, 0) is 19.6 Å². The van der Waals surface area contributed by atoms with Crippen molar-refractivity contribution in [1.82, 2.24) is 19.5 Å². The summed E-state index contributed by atoms with van der Waals surface area (Å²) in [5, 5.41) is 3.86. The SMILES string of the molecule is C=CC(=O)NCC(=O)N1CCN(S(=O)(=O)c2cccc3c(N(C)CC)nccc23)[C@H](C)C1. The van der Waals surface area contributed by atoms with Gasteiger partial charge in [0, 0.05) is 56.2 Å². The molecule has 0 saturated carbocycles. The van der Waals surface area contributed by atoms with Gasteiger partial charge in [0.25, 0.3) is 0 Å². The van der Waals surface area contributed by atoms with Crippen LogP contribution < -0.4 is 10.2 Å². The normalized spacial score (nSPS) is 17.2. The van der Waals surface area contributed by atoms with Crippen LogP contribution in [0.15, 0.2) is 48.0 Å². The van der Waals surface area contributed by atoms with Gasteiger partial charge >= 0.3 is 0 Å². The van der Waals surface area contributed by atoms with Crippen molar-refractivity contribution in [3.63, 3.8) is 0 Å². The molecule has 1 saturated heterocycles. The number of pyridine rings is 1. The number of aromatic nitrogens is 1. The predicted molar refractivity (Wildman–Crippen MR) is 124 cm³/mol. The summed E-state index contributed by atoms with van der Waals surface area (Å²) >= 11 is 0. The molecule has 1 fully saturated rings. The van der Waals surface area contributed by atoms with Gasteiger partial charge in [0.2, 0.25) is 21.8 Å². The first-order chi connectivity index (χ1) is 15.2. The van der Waals surface area contributed by atoms with E-state index < -0.39 is 22.0 Å². The minimum atomic E-state index is -3.80. The van der Waals surface area contributed by atoms with Crippen molar-refractivity contribution in [1.29, 1.82) is 0 Å². The summed E-state index contributed by atoms with van der Waals surface area (Å²) in [7, 11) is -1.88. The molecule has 3 rings (SSSR count). The maximum absolute atomic E-state index is 13.6. The molecule has 10 heteroatoms. The second-order valence-electron chi connectivity index (χ2n) is 7.73. The molecule has 172 valence electrons. The molecule has 0 bridgehead atoms. The second kappa shape index (κ2) is 9.66. The Morgan fingerprint density at radius 1 is 1.28 bits per heavy atom. The number of hydrogen-bond donors (Lipinski definition) is 1. The fraction of sp³-hybridized carbons (Fsp3) is 0.409. The Hall–Kier alpha value is -2.98. The summed E-state index contributed by atoms with van der Waals surface area (Å²) in [6.45, 7) is 8.41. The van der Waals surface area contributed by atoms with Crippen molar-refractivity contribution < 1.29 is 18.0 Å². The third-order valence-corrected chi connectivity index (χ3v) is 7.76. The standard InChI is InChI=1S/C22H29N5O4S/c1-5-20(28)24-14-21(29)26-12-13-27(16(3)15-26)32(30,31)19-9-7-8-18-17(19)10-11-23-22(18)25(4)6-2/h5,7-11,16H,1,6,12-15H2,2-4H3,(H,24,28)/t16-/m1/s1. The van der Waals surface area contributed by atoms with Crippen molar-refractivity contribution in [2.75, 3.05) is 44.7 Å². The minimum Gasteiger partial charge on any atom is -0.359 e. The zero-order valence-corrected chi connectivity index (χ0v) is 19.4. The largest absolute Gasteiger partial charge is 0.359 e. The molecule has 0 aliphatic carbocycles. The van der Waals surface area contributed by atoms with Crippen LogP contribution in [0.4, 0.5) is 5.82 Å². The molecule has 1 N–H and O–H groups in total. The van der Waals surface area contributed by atoms with Crippen LogP contribution in [0.2, 0.25) is 0 Å². The van der Waals surface area contributed by atoms with Crippen LogP contribution in [0.3, 0.4) is 0 Å². The molecule has 0 spiro atoms. The van der Waals surface area contributed by atoms with Crippen LogP contribution in [-0.4, -0.2) is 80.2 Å². The molecule has 2 aromatic rings. The van der Waals surface area contributed by atoms with Gasteiger partial charge in [0.15, 0.2) is 0 Å². The molecule has 1 atom stereocenters. The van der Waals surface area contributed by atoms with Crippen molar-refractivity contribution in [3.05, 3.63) is 43.1 Å². The second-order valence-corrected chi connectivity index (χ2v) is 9.59. The zero-order valence-electron chi connectivity index (χ0n) is 18.6. The van der Waals surface area contributed by atoms with Crippen LogP contribution in [0.1, 0.15) is 13.8 Å². The molecule has 32 heavy (non-hydrogen) atoms. The lowest BCUT2D eigenvalue weighted by molar-refractivity contribution is -0.133. The van der Waals surface area contributed by atoms with E-state index in [1.165, 1.54) is 4.31 Å². The molecular weight excluding hydrogens is 430 g/mol. The third kappa shape index (κ3) is 4.61. The molecule has 1 aromatic heterocycles. The third-order valence-electron chi connectivity index (χ3n) is 5.69. The number of nitrogens with zero attached hydrogens (tertiary/aromatic N) is 4. The topological polar surface area (TPSA) is 103 Å². The molecule has 9 nitrogen and oxygen atoms in total. The number of fused-ring (bicyclic) bond motifs is 1. The van der Waals surface area contributed by atoms with E-state index in [9.17, 15) is 18.0 Å². The Bertz CT molecular complexity index is 1130. The van der Waals surface area contributed by atoms with E-state index >= 15 is 0 Å². The summed E-state index contributed by atoms with van der Waals surface area (Å²) < 4.78 is 28.7. The first kappa shape index (κ1) is 23.7. The van der Waals surface area contributed by atoms with Crippen LogP contribution in [0.25, 0.3) is 10.8 Å². The fourth-order valence-corrected chi connectivity index (χ4v) is 5.66. The molecule has 0 radical (unpaired) electrons. The smallest absolute Gasteiger partial charge is 0.244 e. The number of carbonyl (C=O) groups excluding carboxylic acids is 2. The number of rotatable bonds is 7. The Kier molecular flexibility index (Phi) is 7.15. The van der Waals surface area contributed by atoms with Gasteiger partial charge < -0.3 is 15.1 Å². The number of benzene rings is 1. The lowest BCUT2D eigenvalue weighted by Gasteiger charge is -2.39. The average Bonchev–Trinajstić information content (AvgIpc) is 2.80. The quantitative estimate of drug-likeness (QED) is 0.625. The maximum Gasteiger partial charge on any atom is 0.244 e. The summed E-state index contributed by atoms with van der Waals surface area (Å²) in [4.78, 5) is 31.9. The average molecular weight is 460 g/mol. The Balaban J connectivity index is 1.85. The molecule has 0 unspecified atom stereocenters. The van der Waals surface area contributed by atoms with Gasteiger partial charge in [-0.1, -0.05) is 18.7 Å². The highest BCUT2D eigenvalue weighted by Gasteiger charge is 2.36. The van der Waals surface area contributed by atoms with Crippen LogP contribution in [0, 0.1) is 0 Å². The number of piperazine rings is 1. The van der Waals surface area contributed by atoms with E-state index in [2.05, 4.69) is 16.9 Å². The van der Waals surface area contributed by atoms with E-state index in [-0.39, 0.29) is 37.0 Å². The molecule has 2 amide bonds. The number of anilines is 1. The molecular formula is C22H29N5O4S. The van der Waals surface area contributed by atoms with Gasteiger partial charge in [-0.05, 0) is 32.1 Å².